The maximum Gasteiger partial charge on any atom is 0.139 e. The van der Waals surface area contributed by atoms with Gasteiger partial charge in [0.05, 0.1) is 11.6 Å². The molecular formula is C13H22ClNOSSi. The molecule has 0 spiro atoms. The van der Waals surface area contributed by atoms with E-state index in [2.05, 4.69) is 19.6 Å². The summed E-state index contributed by atoms with van der Waals surface area (Å²) in [6, 6.07) is 4.97. The Morgan fingerprint density at radius 2 is 2.00 bits per heavy atom. The van der Waals surface area contributed by atoms with Gasteiger partial charge in [0.2, 0.25) is 0 Å². The molecule has 0 fully saturated rings. The number of nitrogens with two attached hydrogens (primary N) is 1. The van der Waals surface area contributed by atoms with Crippen LogP contribution in [-0.4, -0.2) is 20.9 Å². The summed E-state index contributed by atoms with van der Waals surface area (Å²) in [5.74, 6) is 0.741. The molecule has 18 heavy (non-hydrogen) atoms. The fraction of sp³-hybridized carbons (Fsp3) is 0.538. The summed E-state index contributed by atoms with van der Waals surface area (Å²) in [7, 11) is -0.973. The van der Waals surface area contributed by atoms with Crippen LogP contribution in [0, 0.1) is 0 Å². The third kappa shape index (κ3) is 5.12. The first-order valence-corrected chi connectivity index (χ1v) is 11.4. The lowest BCUT2D eigenvalue weighted by molar-refractivity contribution is 0.316. The quantitative estimate of drug-likeness (QED) is 0.356. The lowest BCUT2D eigenvalue weighted by atomic mass is 10.3. The van der Waals surface area contributed by atoms with Gasteiger partial charge in [0, 0.05) is 18.7 Å². The van der Waals surface area contributed by atoms with E-state index in [1.807, 2.05) is 12.3 Å². The summed E-state index contributed by atoms with van der Waals surface area (Å²) in [6.07, 6.45) is 3.08. The molecule has 0 aliphatic carbocycles. The molecule has 0 bridgehead atoms. The number of rotatable bonds is 6. The van der Waals surface area contributed by atoms with Gasteiger partial charge in [-0.3, -0.25) is 0 Å². The predicted molar refractivity (Wildman–Crippen MR) is 85.9 cm³/mol. The molecule has 1 aromatic carbocycles. The minimum absolute atomic E-state index is 0.596. The SMILES string of the molecule is CSc1cc(OCCC[Si](C)(C)C)c(Cl)cc1N. The van der Waals surface area contributed by atoms with E-state index in [9.17, 15) is 0 Å². The Hall–Kier alpha value is -0.323. The van der Waals surface area contributed by atoms with Gasteiger partial charge in [0.25, 0.3) is 0 Å². The molecule has 0 aliphatic rings. The molecule has 0 atom stereocenters. The summed E-state index contributed by atoms with van der Waals surface area (Å²) in [4.78, 5) is 1.01. The molecule has 0 saturated carbocycles. The van der Waals surface area contributed by atoms with Crippen molar-refractivity contribution in [1.29, 1.82) is 0 Å². The number of ether oxygens (including phenoxy) is 1. The topological polar surface area (TPSA) is 35.2 Å². The highest BCUT2D eigenvalue weighted by atomic mass is 35.5. The van der Waals surface area contributed by atoms with Crippen molar-refractivity contribution in [2.24, 2.45) is 0 Å². The van der Waals surface area contributed by atoms with Crippen LogP contribution in [0.2, 0.25) is 30.7 Å². The second kappa shape index (κ2) is 6.73. The Balaban J connectivity index is 2.57. The van der Waals surface area contributed by atoms with E-state index in [1.165, 1.54) is 6.04 Å². The average molecular weight is 304 g/mol. The summed E-state index contributed by atoms with van der Waals surface area (Å²) in [6.45, 7) is 7.83. The number of thioether (sulfide) groups is 1. The molecule has 0 saturated heterocycles. The third-order valence-corrected chi connectivity index (χ3v) is 5.56. The van der Waals surface area contributed by atoms with Gasteiger partial charge in [-0.25, -0.2) is 0 Å². The van der Waals surface area contributed by atoms with E-state index in [0.717, 1.165) is 23.7 Å². The molecule has 0 unspecified atom stereocenters. The smallest absolute Gasteiger partial charge is 0.139 e. The van der Waals surface area contributed by atoms with Crippen molar-refractivity contribution in [3.8, 4) is 5.75 Å². The zero-order valence-corrected chi connectivity index (χ0v) is 14.1. The molecule has 0 radical (unpaired) electrons. The largest absolute Gasteiger partial charge is 0.492 e. The Kier molecular flexibility index (Phi) is 5.88. The van der Waals surface area contributed by atoms with Crippen LogP contribution in [0.4, 0.5) is 5.69 Å². The Morgan fingerprint density at radius 3 is 2.56 bits per heavy atom. The highest BCUT2D eigenvalue weighted by Gasteiger charge is 2.12. The molecule has 0 amide bonds. The van der Waals surface area contributed by atoms with E-state index in [4.69, 9.17) is 22.1 Å². The first-order chi connectivity index (χ1) is 8.33. The van der Waals surface area contributed by atoms with Crippen molar-refractivity contribution in [2.45, 2.75) is 37.0 Å². The van der Waals surface area contributed by atoms with Gasteiger partial charge in [-0.05, 0) is 24.8 Å². The lowest BCUT2D eigenvalue weighted by Crippen LogP contribution is -2.20. The van der Waals surface area contributed by atoms with Crippen LogP contribution in [0.1, 0.15) is 6.42 Å². The van der Waals surface area contributed by atoms with Crippen LogP contribution < -0.4 is 10.5 Å². The zero-order chi connectivity index (χ0) is 13.8. The van der Waals surface area contributed by atoms with E-state index in [1.54, 1.807) is 17.8 Å². The van der Waals surface area contributed by atoms with Crippen LogP contribution >= 0.6 is 23.4 Å². The zero-order valence-electron chi connectivity index (χ0n) is 11.5. The second-order valence-corrected chi connectivity index (χ2v) is 12.4. The first-order valence-electron chi connectivity index (χ1n) is 6.09. The van der Waals surface area contributed by atoms with E-state index in [-0.39, 0.29) is 0 Å². The first kappa shape index (κ1) is 15.7. The van der Waals surface area contributed by atoms with Gasteiger partial charge in [0.15, 0.2) is 0 Å². The van der Waals surface area contributed by atoms with Crippen LogP contribution in [0.5, 0.6) is 5.75 Å². The van der Waals surface area contributed by atoms with Crippen LogP contribution in [0.15, 0.2) is 17.0 Å². The van der Waals surface area contributed by atoms with Crippen molar-refractivity contribution in [3.05, 3.63) is 17.2 Å². The molecule has 2 nitrogen and oxygen atoms in total. The monoisotopic (exact) mass is 303 g/mol. The van der Waals surface area contributed by atoms with Gasteiger partial charge in [-0.15, -0.1) is 11.8 Å². The van der Waals surface area contributed by atoms with Crippen molar-refractivity contribution in [2.75, 3.05) is 18.6 Å². The lowest BCUT2D eigenvalue weighted by Gasteiger charge is -2.16. The fourth-order valence-electron chi connectivity index (χ4n) is 1.62. The Bertz CT molecular complexity index is 407. The number of benzene rings is 1. The summed E-state index contributed by atoms with van der Waals surface area (Å²) in [5, 5.41) is 0.596. The second-order valence-electron chi connectivity index (χ2n) is 5.54. The summed E-state index contributed by atoms with van der Waals surface area (Å²) in [5.41, 5.74) is 6.57. The number of hydrogen-bond acceptors (Lipinski definition) is 3. The third-order valence-electron chi connectivity index (χ3n) is 2.61. The number of hydrogen-bond donors (Lipinski definition) is 1. The molecule has 0 aromatic heterocycles. The highest BCUT2D eigenvalue weighted by Crippen LogP contribution is 2.34. The number of anilines is 1. The van der Waals surface area contributed by atoms with Gasteiger partial charge < -0.3 is 10.5 Å². The molecule has 0 aliphatic heterocycles. The number of nitrogen functional groups attached to an aromatic ring is 1. The Labute approximate surface area is 120 Å². The average Bonchev–Trinajstić information content (AvgIpc) is 2.25. The van der Waals surface area contributed by atoms with E-state index >= 15 is 0 Å². The predicted octanol–water partition coefficient (Wildman–Crippen LogP) is 4.75. The summed E-state index contributed by atoms with van der Waals surface area (Å²) >= 11 is 7.73. The molecule has 1 rings (SSSR count). The maximum absolute atomic E-state index is 6.12. The molecule has 102 valence electrons. The molecule has 2 N–H and O–H groups in total. The molecule has 0 heterocycles. The van der Waals surface area contributed by atoms with Crippen molar-refractivity contribution in [1.82, 2.24) is 0 Å². The van der Waals surface area contributed by atoms with Gasteiger partial charge in [-0.1, -0.05) is 37.3 Å². The molecule has 1 aromatic rings. The summed E-state index contributed by atoms with van der Waals surface area (Å²) < 4.78 is 5.75. The normalized spacial score (nSPS) is 11.6. The molecule has 5 heteroatoms. The minimum atomic E-state index is -0.973. The van der Waals surface area contributed by atoms with E-state index < -0.39 is 8.07 Å². The minimum Gasteiger partial charge on any atom is -0.492 e. The maximum atomic E-state index is 6.12. The van der Waals surface area contributed by atoms with Crippen LogP contribution in [0.3, 0.4) is 0 Å². The standard InChI is InChI=1S/C13H22ClNOSSi/c1-17-13-9-12(10(14)8-11(13)15)16-6-5-7-18(2,3)4/h8-9H,5-7,15H2,1-4H3. The molecular weight excluding hydrogens is 282 g/mol. The van der Waals surface area contributed by atoms with Crippen LogP contribution in [0.25, 0.3) is 0 Å². The highest BCUT2D eigenvalue weighted by molar-refractivity contribution is 7.98. The van der Waals surface area contributed by atoms with Crippen molar-refractivity contribution >= 4 is 37.1 Å². The van der Waals surface area contributed by atoms with Crippen molar-refractivity contribution < 1.29 is 4.74 Å². The van der Waals surface area contributed by atoms with Crippen molar-refractivity contribution in [3.63, 3.8) is 0 Å². The Morgan fingerprint density at radius 1 is 1.33 bits per heavy atom. The fourth-order valence-corrected chi connectivity index (χ4v) is 3.57. The van der Waals surface area contributed by atoms with E-state index in [0.29, 0.717) is 10.7 Å². The number of halogens is 1. The van der Waals surface area contributed by atoms with Gasteiger partial charge >= 0.3 is 0 Å². The van der Waals surface area contributed by atoms with Crippen LogP contribution in [-0.2, 0) is 0 Å². The van der Waals surface area contributed by atoms with Gasteiger partial charge in [0.1, 0.15) is 5.75 Å². The van der Waals surface area contributed by atoms with Gasteiger partial charge in [-0.2, -0.15) is 0 Å².